The van der Waals surface area contributed by atoms with Gasteiger partial charge in [-0.2, -0.15) is 0 Å². The quantitative estimate of drug-likeness (QED) is 0.724. The maximum Gasteiger partial charge on any atom is 0.315 e. The Bertz CT molecular complexity index is 249. The van der Waals surface area contributed by atoms with Gasteiger partial charge in [-0.05, 0) is 19.3 Å². The lowest BCUT2D eigenvalue weighted by Crippen LogP contribution is -2.54. The van der Waals surface area contributed by atoms with E-state index in [0.717, 1.165) is 19.3 Å². The van der Waals surface area contributed by atoms with Crippen LogP contribution in [0.5, 0.6) is 0 Å². The Morgan fingerprint density at radius 3 is 2.27 bits per heavy atom. The van der Waals surface area contributed by atoms with E-state index in [4.69, 9.17) is 4.74 Å². The zero-order valence-electron chi connectivity index (χ0n) is 8.87. The van der Waals surface area contributed by atoms with Gasteiger partial charge in [-0.1, -0.05) is 19.3 Å². The molecule has 1 heterocycles. The molecular weight excluding hydrogens is 196 g/mol. The van der Waals surface area contributed by atoms with Crippen LogP contribution in [0.4, 0.5) is 0 Å². The molecule has 2 N–H and O–H groups in total. The van der Waals surface area contributed by atoms with Crippen LogP contribution in [-0.2, 0) is 9.53 Å². The van der Waals surface area contributed by atoms with Gasteiger partial charge >= 0.3 is 5.97 Å². The highest BCUT2D eigenvalue weighted by molar-refractivity contribution is 5.77. The Labute approximate surface area is 89.2 Å². The van der Waals surface area contributed by atoms with E-state index in [2.05, 4.69) is 0 Å². The molecule has 0 aromatic carbocycles. The summed E-state index contributed by atoms with van der Waals surface area (Å²) in [6.45, 7) is 0.618. The summed E-state index contributed by atoms with van der Waals surface area (Å²) in [7, 11) is 0. The molecule has 2 rings (SSSR count). The molecule has 0 bridgehead atoms. The molecule has 0 aromatic rings. The average Bonchev–Trinajstić information content (AvgIpc) is 2.69. The minimum Gasteiger partial charge on any atom is -0.481 e. The SMILES string of the molecule is O=C(O)C1(C2(O)CCCCC2)CCOC1. The van der Waals surface area contributed by atoms with Gasteiger partial charge in [-0.15, -0.1) is 0 Å². The molecule has 1 saturated heterocycles. The van der Waals surface area contributed by atoms with Crippen LogP contribution in [0, 0.1) is 5.41 Å². The second-order valence-electron chi connectivity index (χ2n) is 4.78. The van der Waals surface area contributed by atoms with Crippen molar-refractivity contribution in [2.75, 3.05) is 13.2 Å². The van der Waals surface area contributed by atoms with Crippen molar-refractivity contribution in [1.82, 2.24) is 0 Å². The molecule has 0 aromatic heterocycles. The molecule has 2 aliphatic rings. The molecule has 0 spiro atoms. The Balaban J connectivity index is 2.26. The van der Waals surface area contributed by atoms with E-state index in [1.807, 2.05) is 0 Å². The highest BCUT2D eigenvalue weighted by atomic mass is 16.5. The molecular formula is C11H18O4. The van der Waals surface area contributed by atoms with Crippen molar-refractivity contribution in [2.24, 2.45) is 5.41 Å². The topological polar surface area (TPSA) is 66.8 Å². The number of hydrogen-bond acceptors (Lipinski definition) is 3. The fourth-order valence-electron chi connectivity index (χ4n) is 2.91. The molecule has 1 unspecified atom stereocenters. The van der Waals surface area contributed by atoms with Crippen LogP contribution in [0.2, 0.25) is 0 Å². The van der Waals surface area contributed by atoms with Crippen molar-refractivity contribution in [1.29, 1.82) is 0 Å². The minimum absolute atomic E-state index is 0.166. The van der Waals surface area contributed by atoms with Crippen molar-refractivity contribution >= 4 is 5.97 Å². The summed E-state index contributed by atoms with van der Waals surface area (Å²) in [6, 6.07) is 0. The second-order valence-corrected chi connectivity index (χ2v) is 4.78. The number of hydrogen-bond donors (Lipinski definition) is 2. The lowest BCUT2D eigenvalue weighted by atomic mass is 9.64. The summed E-state index contributed by atoms with van der Waals surface area (Å²) in [6.07, 6.45) is 4.58. The molecule has 1 saturated carbocycles. The van der Waals surface area contributed by atoms with Crippen molar-refractivity contribution in [3.05, 3.63) is 0 Å². The first-order valence-electron chi connectivity index (χ1n) is 5.64. The number of carboxylic acids is 1. The van der Waals surface area contributed by atoms with Crippen LogP contribution < -0.4 is 0 Å². The molecule has 1 aliphatic carbocycles. The molecule has 2 fully saturated rings. The van der Waals surface area contributed by atoms with E-state index in [1.54, 1.807) is 0 Å². The molecule has 1 atom stereocenters. The second kappa shape index (κ2) is 3.76. The first-order chi connectivity index (χ1) is 7.11. The number of ether oxygens (including phenoxy) is 1. The Kier molecular flexibility index (Phi) is 2.73. The van der Waals surface area contributed by atoms with Gasteiger partial charge in [0.15, 0.2) is 0 Å². The summed E-state index contributed by atoms with van der Waals surface area (Å²) in [5.41, 5.74) is -2.10. The van der Waals surface area contributed by atoms with E-state index in [0.29, 0.717) is 25.9 Å². The number of aliphatic carboxylic acids is 1. The molecule has 0 radical (unpaired) electrons. The number of carboxylic acid groups (broad SMARTS) is 1. The van der Waals surface area contributed by atoms with E-state index >= 15 is 0 Å². The van der Waals surface area contributed by atoms with E-state index in [-0.39, 0.29) is 6.61 Å². The first-order valence-corrected chi connectivity index (χ1v) is 5.64. The molecule has 4 heteroatoms. The van der Waals surface area contributed by atoms with Crippen LogP contribution in [0.3, 0.4) is 0 Å². The molecule has 4 nitrogen and oxygen atoms in total. The third kappa shape index (κ3) is 1.56. The van der Waals surface area contributed by atoms with Crippen LogP contribution in [-0.4, -0.2) is 35.0 Å². The predicted molar refractivity (Wildman–Crippen MR) is 53.5 cm³/mol. The van der Waals surface area contributed by atoms with E-state index in [1.165, 1.54) is 0 Å². The van der Waals surface area contributed by atoms with Crippen LogP contribution >= 0.6 is 0 Å². The smallest absolute Gasteiger partial charge is 0.315 e. The number of carbonyl (C=O) groups is 1. The van der Waals surface area contributed by atoms with Crippen molar-refractivity contribution < 1.29 is 19.7 Å². The maximum atomic E-state index is 11.4. The Morgan fingerprint density at radius 1 is 1.13 bits per heavy atom. The van der Waals surface area contributed by atoms with Gasteiger partial charge in [-0.25, -0.2) is 0 Å². The predicted octanol–water partition coefficient (Wildman–Crippen LogP) is 1.17. The standard InChI is InChI=1S/C11H18O4/c12-9(13)10(6-7-15-8-10)11(14)4-2-1-3-5-11/h14H,1-8H2,(H,12,13). The van der Waals surface area contributed by atoms with Gasteiger partial charge < -0.3 is 14.9 Å². The fourth-order valence-corrected chi connectivity index (χ4v) is 2.91. The lowest BCUT2D eigenvalue weighted by molar-refractivity contribution is -0.174. The molecule has 0 amide bonds. The maximum absolute atomic E-state index is 11.4. The summed E-state index contributed by atoms with van der Waals surface area (Å²) >= 11 is 0. The molecule has 1 aliphatic heterocycles. The fraction of sp³-hybridized carbons (Fsp3) is 0.909. The minimum atomic E-state index is -1.05. The van der Waals surface area contributed by atoms with Gasteiger partial charge in [0.25, 0.3) is 0 Å². The Morgan fingerprint density at radius 2 is 1.80 bits per heavy atom. The zero-order chi connectivity index (χ0) is 10.9. The highest BCUT2D eigenvalue weighted by Gasteiger charge is 2.58. The summed E-state index contributed by atoms with van der Waals surface area (Å²) in [5.74, 6) is -0.899. The third-order valence-corrected chi connectivity index (χ3v) is 4.00. The van der Waals surface area contributed by atoms with Crippen LogP contribution in [0.1, 0.15) is 38.5 Å². The summed E-state index contributed by atoms with van der Waals surface area (Å²) < 4.78 is 5.20. The lowest BCUT2D eigenvalue weighted by Gasteiger charge is -2.43. The Hall–Kier alpha value is -0.610. The monoisotopic (exact) mass is 214 g/mol. The number of rotatable bonds is 2. The average molecular weight is 214 g/mol. The molecule has 15 heavy (non-hydrogen) atoms. The van der Waals surface area contributed by atoms with Crippen LogP contribution in [0.25, 0.3) is 0 Å². The third-order valence-electron chi connectivity index (χ3n) is 4.00. The summed E-state index contributed by atoms with van der Waals surface area (Å²) in [4.78, 5) is 11.4. The zero-order valence-corrected chi connectivity index (χ0v) is 8.87. The van der Waals surface area contributed by atoms with Gasteiger partial charge in [0, 0.05) is 6.61 Å². The highest BCUT2D eigenvalue weighted by Crippen LogP contribution is 2.47. The van der Waals surface area contributed by atoms with Crippen molar-refractivity contribution in [2.45, 2.75) is 44.1 Å². The van der Waals surface area contributed by atoms with Gasteiger partial charge in [0.05, 0.1) is 12.2 Å². The van der Waals surface area contributed by atoms with Crippen LogP contribution in [0.15, 0.2) is 0 Å². The summed E-state index contributed by atoms with van der Waals surface area (Å²) in [5, 5.41) is 19.9. The largest absolute Gasteiger partial charge is 0.481 e. The van der Waals surface area contributed by atoms with Crippen molar-refractivity contribution in [3.63, 3.8) is 0 Å². The normalized spacial score (nSPS) is 35.3. The number of aliphatic hydroxyl groups is 1. The van der Waals surface area contributed by atoms with E-state index < -0.39 is 17.0 Å². The van der Waals surface area contributed by atoms with E-state index in [9.17, 15) is 15.0 Å². The van der Waals surface area contributed by atoms with Gasteiger partial charge in [-0.3, -0.25) is 4.79 Å². The first kappa shape index (κ1) is 10.9. The van der Waals surface area contributed by atoms with Crippen molar-refractivity contribution in [3.8, 4) is 0 Å². The van der Waals surface area contributed by atoms with Gasteiger partial charge in [0.2, 0.25) is 0 Å². The van der Waals surface area contributed by atoms with Gasteiger partial charge in [0.1, 0.15) is 5.41 Å². The molecule has 86 valence electrons.